The van der Waals surface area contributed by atoms with Crippen molar-refractivity contribution in [3.05, 3.63) is 29.0 Å². The fourth-order valence-electron chi connectivity index (χ4n) is 1.58. The van der Waals surface area contributed by atoms with Crippen LogP contribution < -0.4 is 5.73 Å². The molecule has 1 amide bonds. The molecule has 0 aliphatic rings. The van der Waals surface area contributed by atoms with E-state index in [0.717, 1.165) is 11.1 Å². The van der Waals surface area contributed by atoms with Crippen molar-refractivity contribution in [1.82, 2.24) is 15.4 Å². The Morgan fingerprint density at radius 1 is 1.29 bits per heavy atom. The van der Waals surface area contributed by atoms with Crippen LogP contribution in [0, 0.1) is 13.8 Å². The molecule has 2 rings (SSSR count). The lowest BCUT2D eigenvalue weighted by atomic mass is 10.0. The van der Waals surface area contributed by atoms with E-state index in [2.05, 4.69) is 15.4 Å². The number of aromatic hydroxyl groups is 1. The first-order chi connectivity index (χ1) is 8.00. The highest BCUT2D eigenvalue weighted by molar-refractivity contribution is 5.97. The molecule has 0 unspecified atom stereocenters. The van der Waals surface area contributed by atoms with Gasteiger partial charge < -0.3 is 10.8 Å². The zero-order valence-electron chi connectivity index (χ0n) is 9.48. The minimum atomic E-state index is -0.689. The lowest BCUT2D eigenvalue weighted by molar-refractivity contribution is 0.0996. The molecule has 88 valence electrons. The monoisotopic (exact) mass is 232 g/mol. The zero-order valence-corrected chi connectivity index (χ0v) is 9.48. The van der Waals surface area contributed by atoms with Gasteiger partial charge in [-0.1, -0.05) is 0 Å². The van der Waals surface area contributed by atoms with Crippen molar-refractivity contribution in [2.24, 2.45) is 5.73 Å². The maximum Gasteiger partial charge on any atom is 0.271 e. The van der Waals surface area contributed by atoms with Gasteiger partial charge >= 0.3 is 0 Å². The third-order valence-electron chi connectivity index (χ3n) is 2.65. The van der Waals surface area contributed by atoms with Crippen LogP contribution in [0.4, 0.5) is 0 Å². The van der Waals surface area contributed by atoms with E-state index >= 15 is 0 Å². The number of amides is 1. The predicted molar refractivity (Wildman–Crippen MR) is 61.5 cm³/mol. The summed E-state index contributed by atoms with van der Waals surface area (Å²) < 4.78 is 0. The molecule has 0 fully saturated rings. The molecular formula is C11H12N4O2. The third kappa shape index (κ3) is 1.84. The summed E-state index contributed by atoms with van der Waals surface area (Å²) in [4.78, 5) is 11.1. The Labute approximate surface area is 97.5 Å². The summed E-state index contributed by atoms with van der Waals surface area (Å²) in [6.07, 6.45) is 0. The minimum absolute atomic E-state index is 0.0172. The second-order valence-electron chi connectivity index (χ2n) is 3.84. The van der Waals surface area contributed by atoms with Gasteiger partial charge in [0.25, 0.3) is 5.91 Å². The maximum atomic E-state index is 11.1. The Hall–Kier alpha value is -2.37. The van der Waals surface area contributed by atoms with E-state index in [1.165, 1.54) is 0 Å². The molecule has 17 heavy (non-hydrogen) atoms. The van der Waals surface area contributed by atoms with Crippen LogP contribution in [0.2, 0.25) is 0 Å². The van der Waals surface area contributed by atoms with Gasteiger partial charge in [-0.3, -0.25) is 4.79 Å². The molecule has 0 radical (unpaired) electrons. The number of phenols is 1. The molecule has 0 saturated heterocycles. The molecule has 6 heteroatoms. The van der Waals surface area contributed by atoms with Crippen LogP contribution in [0.15, 0.2) is 12.1 Å². The van der Waals surface area contributed by atoms with Crippen LogP contribution in [0.5, 0.6) is 5.75 Å². The standard InChI is InChI=1S/C11H12N4O2/c1-5-3-7(8(16)4-6(5)2)9-10(11(12)17)14-15-13-9/h3-4,16H,1-2H3,(H2,12,17)(H,13,14,15). The minimum Gasteiger partial charge on any atom is -0.507 e. The summed E-state index contributed by atoms with van der Waals surface area (Å²) >= 11 is 0. The molecule has 1 aromatic heterocycles. The van der Waals surface area contributed by atoms with Gasteiger partial charge in [-0.15, -0.1) is 0 Å². The van der Waals surface area contributed by atoms with E-state index in [1.807, 2.05) is 13.8 Å². The van der Waals surface area contributed by atoms with E-state index in [1.54, 1.807) is 12.1 Å². The smallest absolute Gasteiger partial charge is 0.271 e. The molecule has 4 N–H and O–H groups in total. The summed E-state index contributed by atoms with van der Waals surface area (Å²) in [6, 6.07) is 3.36. The number of benzene rings is 1. The van der Waals surface area contributed by atoms with Crippen molar-refractivity contribution in [3.63, 3.8) is 0 Å². The molecule has 0 saturated carbocycles. The van der Waals surface area contributed by atoms with Crippen LogP contribution >= 0.6 is 0 Å². The normalized spacial score (nSPS) is 10.5. The topological polar surface area (TPSA) is 105 Å². The molecular weight excluding hydrogens is 220 g/mol. The number of phenolic OH excluding ortho intramolecular Hbond substituents is 1. The van der Waals surface area contributed by atoms with E-state index in [9.17, 15) is 9.90 Å². The number of hydrogen-bond acceptors (Lipinski definition) is 4. The van der Waals surface area contributed by atoms with Crippen LogP contribution in [-0.2, 0) is 0 Å². The van der Waals surface area contributed by atoms with E-state index in [0.29, 0.717) is 5.56 Å². The summed E-state index contributed by atoms with van der Waals surface area (Å²) in [5.41, 5.74) is 7.83. The fraction of sp³-hybridized carbons (Fsp3) is 0.182. The number of hydrogen-bond donors (Lipinski definition) is 3. The van der Waals surface area contributed by atoms with Gasteiger partial charge in [0, 0.05) is 5.56 Å². The lowest BCUT2D eigenvalue weighted by Crippen LogP contribution is -2.12. The van der Waals surface area contributed by atoms with Crippen molar-refractivity contribution in [3.8, 4) is 17.0 Å². The number of carbonyl (C=O) groups is 1. The van der Waals surface area contributed by atoms with Gasteiger partial charge in [0.2, 0.25) is 0 Å². The average Bonchev–Trinajstić information content (AvgIpc) is 2.72. The average molecular weight is 232 g/mol. The first kappa shape index (κ1) is 11.1. The quantitative estimate of drug-likeness (QED) is 0.715. The predicted octanol–water partition coefficient (Wildman–Crippen LogP) is 0.893. The van der Waals surface area contributed by atoms with E-state index in [-0.39, 0.29) is 17.1 Å². The van der Waals surface area contributed by atoms with Gasteiger partial charge in [-0.2, -0.15) is 15.4 Å². The number of nitrogens with one attached hydrogen (secondary N) is 1. The van der Waals surface area contributed by atoms with Crippen molar-refractivity contribution in [2.75, 3.05) is 0 Å². The molecule has 1 heterocycles. The number of nitrogens with two attached hydrogens (primary N) is 1. The molecule has 2 aromatic rings. The molecule has 6 nitrogen and oxygen atoms in total. The number of H-pyrrole nitrogens is 1. The number of carbonyl (C=O) groups excluding carboxylic acids is 1. The number of nitrogens with zero attached hydrogens (tertiary/aromatic N) is 2. The molecule has 0 spiro atoms. The van der Waals surface area contributed by atoms with Crippen molar-refractivity contribution < 1.29 is 9.90 Å². The maximum absolute atomic E-state index is 11.1. The van der Waals surface area contributed by atoms with Crippen LogP contribution in [0.25, 0.3) is 11.3 Å². The number of aromatic amines is 1. The Morgan fingerprint density at radius 2 is 1.94 bits per heavy atom. The van der Waals surface area contributed by atoms with Crippen LogP contribution in [-0.4, -0.2) is 26.4 Å². The number of aryl methyl sites for hydroxylation is 2. The van der Waals surface area contributed by atoms with Gasteiger partial charge in [-0.25, -0.2) is 0 Å². The third-order valence-corrected chi connectivity index (χ3v) is 2.65. The Morgan fingerprint density at radius 3 is 2.59 bits per heavy atom. The summed E-state index contributed by atoms with van der Waals surface area (Å²) in [7, 11) is 0. The number of aromatic nitrogens is 3. The fourth-order valence-corrected chi connectivity index (χ4v) is 1.58. The summed E-state index contributed by atoms with van der Waals surface area (Å²) in [6.45, 7) is 3.79. The number of rotatable bonds is 2. The first-order valence-corrected chi connectivity index (χ1v) is 5.02. The van der Waals surface area contributed by atoms with E-state index in [4.69, 9.17) is 5.73 Å². The number of primary amides is 1. The second kappa shape index (κ2) is 3.89. The molecule has 0 bridgehead atoms. The second-order valence-corrected chi connectivity index (χ2v) is 3.84. The molecule has 0 atom stereocenters. The van der Waals surface area contributed by atoms with Crippen molar-refractivity contribution in [2.45, 2.75) is 13.8 Å². The van der Waals surface area contributed by atoms with Crippen LogP contribution in [0.3, 0.4) is 0 Å². The summed E-state index contributed by atoms with van der Waals surface area (Å²) in [5.74, 6) is -0.643. The molecule has 1 aromatic carbocycles. The Bertz CT molecular complexity index is 589. The highest BCUT2D eigenvalue weighted by Crippen LogP contribution is 2.31. The molecule has 0 aliphatic carbocycles. The first-order valence-electron chi connectivity index (χ1n) is 5.02. The summed E-state index contributed by atoms with van der Waals surface area (Å²) in [5, 5.41) is 19.7. The van der Waals surface area contributed by atoms with E-state index < -0.39 is 5.91 Å². The van der Waals surface area contributed by atoms with Crippen LogP contribution in [0.1, 0.15) is 21.6 Å². The lowest BCUT2D eigenvalue weighted by Gasteiger charge is -2.06. The van der Waals surface area contributed by atoms with Gasteiger partial charge in [0.1, 0.15) is 11.4 Å². The Balaban J connectivity index is 2.64. The van der Waals surface area contributed by atoms with Crippen molar-refractivity contribution >= 4 is 5.91 Å². The zero-order chi connectivity index (χ0) is 12.6. The SMILES string of the molecule is Cc1cc(O)c(-c2n[nH]nc2C(N)=O)cc1C. The highest BCUT2D eigenvalue weighted by Gasteiger charge is 2.18. The molecule has 0 aliphatic heterocycles. The van der Waals surface area contributed by atoms with Gasteiger partial charge in [-0.05, 0) is 37.1 Å². The highest BCUT2D eigenvalue weighted by atomic mass is 16.3. The van der Waals surface area contributed by atoms with Gasteiger partial charge in [0.05, 0.1) is 0 Å². The largest absolute Gasteiger partial charge is 0.507 e. The van der Waals surface area contributed by atoms with Gasteiger partial charge in [0.15, 0.2) is 5.69 Å². The Kier molecular flexibility index (Phi) is 2.55. The van der Waals surface area contributed by atoms with Crippen molar-refractivity contribution in [1.29, 1.82) is 0 Å².